The molecule has 2 nitrogen and oxygen atoms in total. The van der Waals surface area contributed by atoms with E-state index in [1.807, 2.05) is 0 Å². The summed E-state index contributed by atoms with van der Waals surface area (Å²) in [6, 6.07) is 4.42. The fourth-order valence-corrected chi connectivity index (χ4v) is 1.26. The molecule has 0 atom stereocenters. The van der Waals surface area contributed by atoms with Crippen molar-refractivity contribution in [3.63, 3.8) is 0 Å². The van der Waals surface area contributed by atoms with Crippen LogP contribution in [0.4, 0.5) is 14.5 Å². The number of aryl methyl sites for hydroxylation is 1. The van der Waals surface area contributed by atoms with Gasteiger partial charge in [0.1, 0.15) is 5.75 Å². The van der Waals surface area contributed by atoms with Crippen LogP contribution in [0.15, 0.2) is 18.2 Å². The number of alkyl halides is 4. The monoisotopic (exact) mass is 269 g/mol. The van der Waals surface area contributed by atoms with E-state index in [0.29, 0.717) is 17.7 Å². The van der Waals surface area contributed by atoms with Gasteiger partial charge in [0.2, 0.25) is 4.84 Å². The number of nitrogen functional groups attached to an aromatic ring is 1. The minimum atomic E-state index is -3.62. The fraction of sp³-hybridized carbons (Fsp3) is 0.400. The predicted octanol–water partition coefficient (Wildman–Crippen LogP) is 3.61. The maximum atomic E-state index is 13.1. The molecule has 1 aromatic carbocycles. The fourth-order valence-electron chi connectivity index (χ4n) is 1.17. The van der Waals surface area contributed by atoms with Crippen molar-refractivity contribution >= 4 is 28.9 Å². The Morgan fingerprint density at radius 2 is 2.06 bits per heavy atom. The Labute approximate surface area is 102 Å². The van der Waals surface area contributed by atoms with Crippen LogP contribution in [0.1, 0.15) is 12.5 Å². The molecular weight excluding hydrogens is 259 g/mol. The summed E-state index contributed by atoms with van der Waals surface area (Å²) in [6.45, 7) is 1.80. The summed E-state index contributed by atoms with van der Waals surface area (Å²) in [4.78, 5) is -1.92. The van der Waals surface area contributed by atoms with Gasteiger partial charge in [0.25, 0.3) is 0 Å². The lowest BCUT2D eigenvalue weighted by Gasteiger charge is -2.20. The van der Waals surface area contributed by atoms with Gasteiger partial charge in [-0.25, -0.2) is 0 Å². The predicted molar refractivity (Wildman–Crippen MR) is 61.3 cm³/mol. The highest BCUT2D eigenvalue weighted by molar-refractivity contribution is 6.44. The molecule has 0 aliphatic heterocycles. The number of hydrogen-bond acceptors (Lipinski definition) is 2. The SMILES string of the molecule is CCc1cc(N)ccc1OC(F)(F)C(Cl)Cl. The molecule has 2 N–H and O–H groups in total. The van der Waals surface area contributed by atoms with Gasteiger partial charge in [0.05, 0.1) is 0 Å². The number of rotatable bonds is 4. The van der Waals surface area contributed by atoms with Gasteiger partial charge >= 0.3 is 6.11 Å². The largest absolute Gasteiger partial charge is 0.430 e. The molecule has 0 aliphatic carbocycles. The van der Waals surface area contributed by atoms with E-state index in [1.165, 1.54) is 12.1 Å². The van der Waals surface area contributed by atoms with E-state index in [9.17, 15) is 8.78 Å². The lowest BCUT2D eigenvalue weighted by Crippen LogP contribution is -2.32. The summed E-state index contributed by atoms with van der Waals surface area (Å²) in [5, 5.41) is 0. The molecule has 0 radical (unpaired) electrons. The van der Waals surface area contributed by atoms with Crippen LogP contribution < -0.4 is 10.5 Å². The van der Waals surface area contributed by atoms with E-state index in [4.69, 9.17) is 28.9 Å². The minimum Gasteiger partial charge on any atom is -0.430 e. The summed E-state index contributed by atoms with van der Waals surface area (Å²) in [5.74, 6) is 0.0352. The average Bonchev–Trinajstić information content (AvgIpc) is 2.20. The minimum absolute atomic E-state index is 0.0352. The molecule has 1 aromatic rings. The first kappa shape index (κ1) is 13.3. The second kappa shape index (κ2) is 5.06. The zero-order valence-corrected chi connectivity index (χ0v) is 10.0. The second-order valence-electron chi connectivity index (χ2n) is 3.19. The molecule has 16 heavy (non-hydrogen) atoms. The van der Waals surface area contributed by atoms with E-state index < -0.39 is 10.9 Å². The van der Waals surface area contributed by atoms with Crippen LogP contribution in [0.25, 0.3) is 0 Å². The Bertz CT molecular complexity index is 372. The van der Waals surface area contributed by atoms with Crippen molar-refractivity contribution in [2.45, 2.75) is 24.3 Å². The first-order valence-electron chi connectivity index (χ1n) is 4.60. The van der Waals surface area contributed by atoms with Crippen LogP contribution >= 0.6 is 23.2 Å². The average molecular weight is 270 g/mol. The number of anilines is 1. The zero-order chi connectivity index (χ0) is 12.3. The van der Waals surface area contributed by atoms with E-state index >= 15 is 0 Å². The van der Waals surface area contributed by atoms with Crippen molar-refractivity contribution in [3.8, 4) is 5.75 Å². The van der Waals surface area contributed by atoms with Crippen molar-refractivity contribution in [3.05, 3.63) is 23.8 Å². The van der Waals surface area contributed by atoms with Crippen molar-refractivity contribution in [1.29, 1.82) is 0 Å². The van der Waals surface area contributed by atoms with E-state index in [1.54, 1.807) is 13.0 Å². The molecular formula is C10H11Cl2F2NO. The molecule has 0 bridgehead atoms. The first-order valence-corrected chi connectivity index (χ1v) is 5.47. The summed E-state index contributed by atoms with van der Waals surface area (Å²) >= 11 is 10.2. The molecule has 1 rings (SSSR count). The van der Waals surface area contributed by atoms with Crippen molar-refractivity contribution in [2.24, 2.45) is 0 Å². The Balaban J connectivity index is 2.97. The molecule has 0 saturated carbocycles. The first-order chi connectivity index (χ1) is 7.36. The van der Waals surface area contributed by atoms with Crippen LogP contribution in [-0.2, 0) is 6.42 Å². The number of halogens is 4. The third kappa shape index (κ3) is 3.12. The van der Waals surface area contributed by atoms with Gasteiger partial charge in [0.15, 0.2) is 0 Å². The van der Waals surface area contributed by atoms with Crippen LogP contribution in [0.3, 0.4) is 0 Å². The van der Waals surface area contributed by atoms with E-state index in [0.717, 1.165) is 0 Å². The number of benzene rings is 1. The Morgan fingerprint density at radius 1 is 1.44 bits per heavy atom. The van der Waals surface area contributed by atoms with Crippen molar-refractivity contribution in [1.82, 2.24) is 0 Å². The third-order valence-electron chi connectivity index (χ3n) is 1.97. The Hall–Kier alpha value is -0.740. The lowest BCUT2D eigenvalue weighted by atomic mass is 10.1. The normalized spacial score (nSPS) is 11.9. The molecule has 6 heteroatoms. The smallest absolute Gasteiger partial charge is 0.428 e. The molecule has 0 saturated heterocycles. The van der Waals surface area contributed by atoms with Crippen molar-refractivity contribution < 1.29 is 13.5 Å². The van der Waals surface area contributed by atoms with Crippen LogP contribution in [0.5, 0.6) is 5.75 Å². The topological polar surface area (TPSA) is 35.2 Å². The summed E-state index contributed by atoms with van der Waals surface area (Å²) in [6.07, 6.45) is -3.10. The highest BCUT2D eigenvalue weighted by Gasteiger charge is 2.40. The summed E-state index contributed by atoms with van der Waals surface area (Å²) in [5.41, 5.74) is 6.60. The second-order valence-corrected chi connectivity index (χ2v) is 4.28. The van der Waals surface area contributed by atoms with Crippen molar-refractivity contribution in [2.75, 3.05) is 5.73 Å². The van der Waals surface area contributed by atoms with E-state index in [-0.39, 0.29) is 5.75 Å². The Morgan fingerprint density at radius 3 is 2.56 bits per heavy atom. The van der Waals surface area contributed by atoms with Gasteiger partial charge in [0, 0.05) is 5.69 Å². The zero-order valence-electron chi connectivity index (χ0n) is 8.51. The number of nitrogens with two attached hydrogens (primary N) is 1. The molecule has 0 amide bonds. The number of hydrogen-bond donors (Lipinski definition) is 1. The van der Waals surface area contributed by atoms with Gasteiger partial charge in [-0.1, -0.05) is 30.1 Å². The molecule has 0 spiro atoms. The molecule has 0 aliphatic rings. The maximum Gasteiger partial charge on any atom is 0.428 e. The maximum absolute atomic E-state index is 13.1. The Kier molecular flexibility index (Phi) is 4.21. The summed E-state index contributed by atoms with van der Waals surface area (Å²) < 4.78 is 30.8. The van der Waals surface area contributed by atoms with Crippen LogP contribution in [0.2, 0.25) is 0 Å². The van der Waals surface area contributed by atoms with Gasteiger partial charge in [-0.2, -0.15) is 8.78 Å². The van der Waals surface area contributed by atoms with E-state index in [2.05, 4.69) is 4.74 Å². The number of ether oxygens (including phenoxy) is 1. The standard InChI is InChI=1S/C10H11Cl2F2NO/c1-2-6-5-7(15)3-4-8(6)16-10(13,14)9(11)12/h3-5,9H,2,15H2,1H3. The molecule has 0 heterocycles. The highest BCUT2D eigenvalue weighted by atomic mass is 35.5. The van der Waals surface area contributed by atoms with Gasteiger partial charge in [-0.3, -0.25) is 0 Å². The molecule has 0 unspecified atom stereocenters. The lowest BCUT2D eigenvalue weighted by molar-refractivity contribution is -0.164. The quantitative estimate of drug-likeness (QED) is 0.670. The highest BCUT2D eigenvalue weighted by Crippen LogP contribution is 2.32. The molecule has 90 valence electrons. The van der Waals surface area contributed by atoms with Gasteiger partial charge in [-0.05, 0) is 30.2 Å². The van der Waals surface area contributed by atoms with Crippen LogP contribution in [-0.4, -0.2) is 10.9 Å². The van der Waals surface area contributed by atoms with Gasteiger partial charge in [-0.15, -0.1) is 0 Å². The van der Waals surface area contributed by atoms with Crippen LogP contribution in [0, 0.1) is 0 Å². The summed E-state index contributed by atoms with van der Waals surface area (Å²) in [7, 11) is 0. The third-order valence-corrected chi connectivity index (χ3v) is 2.47. The van der Waals surface area contributed by atoms with Gasteiger partial charge < -0.3 is 10.5 Å². The molecule has 0 aromatic heterocycles. The molecule has 0 fully saturated rings.